The summed E-state index contributed by atoms with van der Waals surface area (Å²) in [4.78, 5) is 3.76. The van der Waals surface area contributed by atoms with Gasteiger partial charge in [0.25, 0.3) is 0 Å². The first-order chi connectivity index (χ1) is 2.91. The van der Waals surface area contributed by atoms with Crippen LogP contribution in [0.3, 0.4) is 0 Å². The van der Waals surface area contributed by atoms with E-state index in [0.717, 1.165) is 0 Å². The summed E-state index contributed by atoms with van der Waals surface area (Å²) in [6.45, 7) is 0. The van der Waals surface area contributed by atoms with Crippen molar-refractivity contribution in [2.75, 3.05) is 0 Å². The van der Waals surface area contributed by atoms with E-state index in [1.807, 2.05) is 16.0 Å². The first-order valence-electron chi connectivity index (χ1n) is 1.29. The minimum atomic E-state index is 0.167. The van der Waals surface area contributed by atoms with Crippen molar-refractivity contribution in [3.63, 3.8) is 0 Å². The van der Waals surface area contributed by atoms with Crippen LogP contribution >= 0.6 is 10.1 Å². The monoisotopic (exact) mass is 234 g/mol. The van der Waals surface area contributed by atoms with Crippen LogP contribution in [0.5, 0.6) is 0 Å². The molecular formula is C3H3ClSe2. The van der Waals surface area contributed by atoms with E-state index in [9.17, 15) is 0 Å². The van der Waals surface area contributed by atoms with E-state index in [4.69, 9.17) is 10.1 Å². The standard InChI is InChI=1S/C3H3ClSe2/c4-6-3-1-2-5/h1-3H. The van der Waals surface area contributed by atoms with Crippen LogP contribution in [0.1, 0.15) is 0 Å². The first kappa shape index (κ1) is 6.94. The Morgan fingerprint density at radius 3 is 2.50 bits per heavy atom. The van der Waals surface area contributed by atoms with Crippen molar-refractivity contribution in [3.8, 4) is 0 Å². The van der Waals surface area contributed by atoms with Crippen LogP contribution in [-0.4, -0.2) is 34.5 Å². The predicted octanol–water partition coefficient (Wildman–Crippen LogP) is 0.329. The Morgan fingerprint density at radius 1 is 1.67 bits per heavy atom. The second-order valence-corrected chi connectivity index (χ2v) is 3.00. The van der Waals surface area contributed by atoms with E-state index in [0.29, 0.717) is 0 Å². The molecule has 0 amide bonds. The number of halogens is 1. The average Bonchev–Trinajstić information content (AvgIpc) is 1.61. The SMILES string of the molecule is Cl[Se]C=CC=[Se]. The van der Waals surface area contributed by atoms with Gasteiger partial charge in [0.1, 0.15) is 0 Å². The molecule has 0 aliphatic heterocycles. The summed E-state index contributed by atoms with van der Waals surface area (Å²) in [7, 11) is 5.32. The molecule has 0 heterocycles. The van der Waals surface area contributed by atoms with Crippen LogP contribution in [-0.2, 0) is 0 Å². The van der Waals surface area contributed by atoms with Crippen LogP contribution in [0.2, 0.25) is 0 Å². The summed E-state index contributed by atoms with van der Waals surface area (Å²) < 4.78 is 0. The molecule has 0 fully saturated rings. The summed E-state index contributed by atoms with van der Waals surface area (Å²) in [5.74, 6) is 0. The zero-order valence-electron chi connectivity index (χ0n) is 2.93. The van der Waals surface area contributed by atoms with Crippen LogP contribution in [0.4, 0.5) is 0 Å². The van der Waals surface area contributed by atoms with Gasteiger partial charge in [-0.15, -0.1) is 0 Å². The van der Waals surface area contributed by atoms with Gasteiger partial charge in [0.2, 0.25) is 0 Å². The predicted molar refractivity (Wildman–Crippen MR) is 32.6 cm³/mol. The van der Waals surface area contributed by atoms with E-state index in [2.05, 4.69) is 15.6 Å². The van der Waals surface area contributed by atoms with Gasteiger partial charge in [-0.3, -0.25) is 0 Å². The number of hydrogen-bond donors (Lipinski definition) is 0. The van der Waals surface area contributed by atoms with Crippen molar-refractivity contribution in [3.05, 3.63) is 11.1 Å². The second-order valence-electron chi connectivity index (χ2n) is 0.554. The van der Waals surface area contributed by atoms with Gasteiger partial charge in [-0.2, -0.15) is 0 Å². The van der Waals surface area contributed by atoms with Gasteiger partial charge in [0.05, 0.1) is 0 Å². The first-order valence-corrected chi connectivity index (χ1v) is 5.52. The Morgan fingerprint density at radius 2 is 2.33 bits per heavy atom. The maximum absolute atomic E-state index is 5.32. The van der Waals surface area contributed by atoms with Crippen molar-refractivity contribution in [1.82, 2.24) is 0 Å². The summed E-state index contributed by atoms with van der Waals surface area (Å²) in [6, 6.07) is 0. The number of allylic oxidation sites excluding steroid dienone is 1. The van der Waals surface area contributed by atoms with Crippen molar-refractivity contribution >= 4 is 44.6 Å². The molecule has 0 N–H and O–H groups in total. The van der Waals surface area contributed by atoms with Crippen LogP contribution in [0.25, 0.3) is 0 Å². The molecule has 0 saturated heterocycles. The van der Waals surface area contributed by atoms with E-state index in [-0.39, 0.29) is 14.0 Å². The molecule has 0 aromatic rings. The fourth-order valence-corrected chi connectivity index (χ4v) is 1.33. The van der Waals surface area contributed by atoms with E-state index in [1.54, 1.807) is 0 Å². The van der Waals surface area contributed by atoms with Gasteiger partial charge in [-0.05, 0) is 0 Å². The zero-order valence-corrected chi connectivity index (χ0v) is 7.11. The molecule has 3 heteroatoms. The zero-order chi connectivity index (χ0) is 4.83. The molecule has 0 unspecified atom stereocenters. The normalized spacial score (nSPS) is 9.50. The van der Waals surface area contributed by atoms with Gasteiger partial charge in [0, 0.05) is 0 Å². The van der Waals surface area contributed by atoms with Crippen LogP contribution in [0.15, 0.2) is 11.1 Å². The Bertz CT molecular complexity index is 59.8. The van der Waals surface area contributed by atoms with Crippen LogP contribution < -0.4 is 0 Å². The fraction of sp³-hybridized carbons (Fsp3) is 0. The Balaban J connectivity index is 2.94. The average molecular weight is 232 g/mol. The van der Waals surface area contributed by atoms with Gasteiger partial charge < -0.3 is 0 Å². The Kier molecular flexibility index (Phi) is 6.87. The Labute approximate surface area is 55.7 Å². The van der Waals surface area contributed by atoms with E-state index < -0.39 is 0 Å². The van der Waals surface area contributed by atoms with Crippen molar-refractivity contribution in [1.29, 1.82) is 0 Å². The molecule has 0 radical (unpaired) electrons. The third-order valence-corrected chi connectivity index (χ3v) is 1.62. The summed E-state index contributed by atoms with van der Waals surface area (Å²) in [5.41, 5.74) is 0. The minimum absolute atomic E-state index is 0.167. The van der Waals surface area contributed by atoms with Crippen molar-refractivity contribution < 1.29 is 0 Å². The molecule has 0 bridgehead atoms. The van der Waals surface area contributed by atoms with Gasteiger partial charge >= 0.3 is 55.7 Å². The molecule has 0 atom stereocenters. The van der Waals surface area contributed by atoms with Crippen molar-refractivity contribution in [2.45, 2.75) is 0 Å². The molecule has 0 aliphatic rings. The summed E-state index contributed by atoms with van der Waals surface area (Å²) >= 11 is 2.88. The molecule has 6 heavy (non-hydrogen) atoms. The molecule has 0 aromatic carbocycles. The number of rotatable bonds is 2. The molecule has 0 aliphatic carbocycles. The Hall–Kier alpha value is 0.939. The van der Waals surface area contributed by atoms with Gasteiger partial charge in [-0.25, -0.2) is 0 Å². The van der Waals surface area contributed by atoms with Crippen LogP contribution in [0, 0.1) is 0 Å². The molecular weight excluding hydrogens is 229 g/mol. The van der Waals surface area contributed by atoms with Gasteiger partial charge in [-0.1, -0.05) is 0 Å². The van der Waals surface area contributed by atoms with Gasteiger partial charge in [0.15, 0.2) is 0 Å². The molecule has 0 nitrogen and oxygen atoms in total. The molecule has 34 valence electrons. The maximum atomic E-state index is 5.32. The molecule has 0 saturated carbocycles. The third kappa shape index (κ3) is 4.94. The van der Waals surface area contributed by atoms with Crippen molar-refractivity contribution in [2.24, 2.45) is 0 Å². The fourth-order valence-electron chi connectivity index (χ4n) is 0.0618. The molecule has 0 rings (SSSR count). The molecule has 0 spiro atoms. The second kappa shape index (κ2) is 5.94. The summed E-state index contributed by atoms with van der Waals surface area (Å²) in [6.07, 6.45) is 1.90. The number of hydrogen-bond acceptors (Lipinski definition) is 0. The third-order valence-electron chi connectivity index (χ3n) is 0.209. The van der Waals surface area contributed by atoms with E-state index in [1.165, 1.54) is 0 Å². The molecule has 0 aromatic heterocycles. The van der Waals surface area contributed by atoms with E-state index >= 15 is 0 Å². The quantitative estimate of drug-likeness (QED) is 0.602. The summed E-state index contributed by atoms with van der Waals surface area (Å²) in [5, 5.41) is 0. The topological polar surface area (TPSA) is 0 Å².